The first kappa shape index (κ1) is 29.7. The van der Waals surface area contributed by atoms with Crippen molar-refractivity contribution in [2.75, 3.05) is 16.8 Å². The summed E-state index contributed by atoms with van der Waals surface area (Å²) in [4.78, 5) is 43.9. The minimum Gasteiger partial charge on any atom is -0.370 e. The van der Waals surface area contributed by atoms with Crippen molar-refractivity contribution in [3.63, 3.8) is 0 Å². The molecule has 3 aromatic rings. The standard InChI is InChI=1S/C32H28N4O5S/c1-22-29(15-8-12-24-16-18-26(19-17-24)35(4)21-25-10-6-5-7-11-25)31(38)36(32(39)30(22)33-3)27-13-9-14-28(20-27)42(40,41)34-23(2)37/h5-20H,21H2,1-2,4H3,(H,34,37)/b12-8+,29-15+. The van der Waals surface area contributed by atoms with Crippen LogP contribution in [0.15, 0.2) is 113 Å². The molecule has 3 amide bonds. The Kier molecular flexibility index (Phi) is 8.84. The molecule has 0 fully saturated rings. The molecule has 1 aliphatic heterocycles. The second kappa shape index (κ2) is 12.5. The molecule has 1 aliphatic rings. The lowest BCUT2D eigenvalue weighted by Crippen LogP contribution is -2.42. The second-order valence-corrected chi connectivity index (χ2v) is 11.2. The second-order valence-electron chi connectivity index (χ2n) is 9.56. The van der Waals surface area contributed by atoms with E-state index in [1.807, 2.05) is 54.2 Å². The third-order valence-electron chi connectivity index (χ3n) is 6.52. The van der Waals surface area contributed by atoms with Crippen LogP contribution in [0, 0.1) is 6.57 Å². The number of carbonyl (C=O) groups is 3. The molecular formula is C32H28N4O5S. The minimum absolute atomic E-state index is 0.0461. The van der Waals surface area contributed by atoms with Gasteiger partial charge in [0, 0.05) is 31.8 Å². The van der Waals surface area contributed by atoms with E-state index in [1.165, 1.54) is 36.8 Å². The average Bonchev–Trinajstić information content (AvgIpc) is 2.95. The Labute approximate surface area is 244 Å². The van der Waals surface area contributed by atoms with E-state index < -0.39 is 27.7 Å². The number of amides is 3. The Morgan fingerprint density at radius 2 is 1.69 bits per heavy atom. The molecular weight excluding hydrogens is 552 g/mol. The molecule has 0 atom stereocenters. The number of imide groups is 1. The van der Waals surface area contributed by atoms with Crippen LogP contribution in [0.25, 0.3) is 10.9 Å². The summed E-state index contributed by atoms with van der Waals surface area (Å²) in [6, 6.07) is 23.1. The van der Waals surface area contributed by atoms with Gasteiger partial charge in [0.15, 0.2) is 0 Å². The molecule has 0 spiro atoms. The average molecular weight is 581 g/mol. The van der Waals surface area contributed by atoms with Crippen molar-refractivity contribution in [1.82, 2.24) is 4.72 Å². The molecule has 0 aliphatic carbocycles. The van der Waals surface area contributed by atoms with Gasteiger partial charge < -0.3 is 4.90 Å². The number of sulfonamides is 1. The molecule has 212 valence electrons. The maximum absolute atomic E-state index is 13.5. The van der Waals surface area contributed by atoms with Crippen LogP contribution >= 0.6 is 0 Å². The first-order valence-electron chi connectivity index (χ1n) is 12.9. The number of anilines is 2. The summed E-state index contributed by atoms with van der Waals surface area (Å²) in [7, 11) is -2.21. The van der Waals surface area contributed by atoms with Crippen LogP contribution < -0.4 is 14.5 Å². The van der Waals surface area contributed by atoms with E-state index in [2.05, 4.69) is 21.9 Å². The maximum atomic E-state index is 13.5. The van der Waals surface area contributed by atoms with Gasteiger partial charge in [-0.25, -0.2) is 18.0 Å². The lowest BCUT2D eigenvalue weighted by molar-refractivity contribution is -0.123. The van der Waals surface area contributed by atoms with E-state index in [0.29, 0.717) is 0 Å². The van der Waals surface area contributed by atoms with E-state index >= 15 is 0 Å². The summed E-state index contributed by atoms with van der Waals surface area (Å²) in [5.41, 5.74) is 3.15. The topological polar surface area (TPSA) is 108 Å². The van der Waals surface area contributed by atoms with Crippen molar-refractivity contribution < 1.29 is 22.8 Å². The third-order valence-corrected chi connectivity index (χ3v) is 7.95. The largest absolute Gasteiger partial charge is 0.370 e. The fraction of sp³-hybridized carbons (Fsp3) is 0.125. The summed E-state index contributed by atoms with van der Waals surface area (Å²) in [5.74, 6) is -2.36. The van der Waals surface area contributed by atoms with Gasteiger partial charge in [-0.1, -0.05) is 66.8 Å². The van der Waals surface area contributed by atoms with Crippen LogP contribution in [-0.2, 0) is 31.0 Å². The van der Waals surface area contributed by atoms with Crippen molar-refractivity contribution in [2.24, 2.45) is 0 Å². The Morgan fingerprint density at radius 3 is 2.33 bits per heavy atom. The van der Waals surface area contributed by atoms with Crippen LogP contribution in [0.3, 0.4) is 0 Å². The molecule has 0 radical (unpaired) electrons. The number of rotatable bonds is 8. The highest BCUT2D eigenvalue weighted by atomic mass is 32.2. The van der Waals surface area contributed by atoms with Gasteiger partial charge in [0.1, 0.15) is 0 Å². The quantitative estimate of drug-likeness (QED) is 0.232. The SMILES string of the molecule is [C-]#[N+]C1=C(C)/C(=C\C=C\c2ccc(N(C)Cc3ccccc3)cc2)C(=O)N(c2cccc(S(=O)(=O)NC(C)=O)c2)C1=O. The summed E-state index contributed by atoms with van der Waals surface area (Å²) in [5, 5.41) is 0. The molecule has 0 aromatic heterocycles. The summed E-state index contributed by atoms with van der Waals surface area (Å²) < 4.78 is 26.8. The normalized spacial score (nSPS) is 14.8. The maximum Gasteiger partial charge on any atom is 0.264 e. The van der Waals surface area contributed by atoms with Gasteiger partial charge in [0.2, 0.25) is 5.91 Å². The molecule has 1 heterocycles. The predicted molar refractivity (Wildman–Crippen MR) is 161 cm³/mol. The molecule has 42 heavy (non-hydrogen) atoms. The smallest absolute Gasteiger partial charge is 0.264 e. The number of hydrogen-bond acceptors (Lipinski definition) is 6. The number of benzene rings is 3. The number of allylic oxidation sites excluding steroid dienone is 2. The highest BCUT2D eigenvalue weighted by Gasteiger charge is 2.37. The number of nitrogens with one attached hydrogen (secondary N) is 1. The van der Waals surface area contributed by atoms with Gasteiger partial charge in [-0.05, 0) is 54.0 Å². The number of nitrogens with zero attached hydrogens (tertiary/aromatic N) is 3. The van der Waals surface area contributed by atoms with Gasteiger partial charge in [0.25, 0.3) is 27.5 Å². The molecule has 3 aromatic carbocycles. The molecule has 4 rings (SSSR count). The Balaban J connectivity index is 1.59. The van der Waals surface area contributed by atoms with Crippen molar-refractivity contribution >= 4 is 45.2 Å². The van der Waals surface area contributed by atoms with Crippen LogP contribution in [-0.4, -0.2) is 33.2 Å². The van der Waals surface area contributed by atoms with Crippen LogP contribution in [0.4, 0.5) is 11.4 Å². The first-order chi connectivity index (χ1) is 20.0. The summed E-state index contributed by atoms with van der Waals surface area (Å²) in [6.45, 7) is 10.9. The molecule has 0 bridgehead atoms. The Morgan fingerprint density at radius 1 is 1.00 bits per heavy atom. The van der Waals surface area contributed by atoms with Gasteiger partial charge in [-0.3, -0.25) is 19.3 Å². The molecule has 0 saturated heterocycles. The van der Waals surface area contributed by atoms with E-state index in [1.54, 1.807) is 12.2 Å². The molecule has 9 nitrogen and oxygen atoms in total. The molecule has 0 unspecified atom stereocenters. The van der Waals surface area contributed by atoms with Crippen molar-refractivity contribution in [3.8, 4) is 0 Å². The first-order valence-corrected chi connectivity index (χ1v) is 14.3. The minimum atomic E-state index is -4.22. The van der Waals surface area contributed by atoms with E-state index in [4.69, 9.17) is 6.57 Å². The zero-order valence-corrected chi connectivity index (χ0v) is 24.1. The van der Waals surface area contributed by atoms with Gasteiger partial charge in [-0.15, -0.1) is 0 Å². The zero-order chi connectivity index (χ0) is 30.4. The molecule has 10 heteroatoms. The van der Waals surface area contributed by atoms with Crippen LogP contribution in [0.5, 0.6) is 0 Å². The Bertz CT molecular complexity index is 1780. The zero-order valence-electron chi connectivity index (χ0n) is 23.2. The van der Waals surface area contributed by atoms with Gasteiger partial charge in [0.05, 0.1) is 17.2 Å². The van der Waals surface area contributed by atoms with Gasteiger partial charge in [-0.2, -0.15) is 0 Å². The third kappa shape index (κ3) is 6.54. The lowest BCUT2D eigenvalue weighted by atomic mass is 9.97. The van der Waals surface area contributed by atoms with E-state index in [-0.39, 0.29) is 27.4 Å². The van der Waals surface area contributed by atoms with Gasteiger partial charge >= 0.3 is 0 Å². The predicted octanol–water partition coefficient (Wildman–Crippen LogP) is 4.85. The van der Waals surface area contributed by atoms with E-state index in [9.17, 15) is 22.8 Å². The fourth-order valence-corrected chi connectivity index (χ4v) is 5.44. The van der Waals surface area contributed by atoms with Crippen molar-refractivity contribution in [1.29, 1.82) is 0 Å². The molecule has 0 saturated carbocycles. The van der Waals surface area contributed by atoms with Crippen LogP contribution in [0.2, 0.25) is 0 Å². The number of carbonyl (C=O) groups excluding carboxylic acids is 3. The highest BCUT2D eigenvalue weighted by Crippen LogP contribution is 2.31. The summed E-state index contributed by atoms with van der Waals surface area (Å²) in [6.07, 6.45) is 4.98. The Hall–Kier alpha value is -5.27. The van der Waals surface area contributed by atoms with Crippen molar-refractivity contribution in [3.05, 3.63) is 130 Å². The highest BCUT2D eigenvalue weighted by molar-refractivity contribution is 7.90. The summed E-state index contributed by atoms with van der Waals surface area (Å²) >= 11 is 0. The fourth-order valence-electron chi connectivity index (χ4n) is 4.41. The number of hydrogen-bond donors (Lipinski definition) is 1. The monoisotopic (exact) mass is 580 g/mol. The van der Waals surface area contributed by atoms with Crippen LogP contribution in [0.1, 0.15) is 25.0 Å². The molecule has 1 N–H and O–H groups in total. The van der Waals surface area contributed by atoms with E-state index in [0.717, 1.165) is 35.7 Å². The lowest BCUT2D eigenvalue weighted by Gasteiger charge is -2.27. The van der Waals surface area contributed by atoms with Crippen molar-refractivity contribution in [2.45, 2.75) is 25.3 Å².